The standard InChI is InChI=1S/C12H17NO3S/c1-17(14,15)12-8-9(5-6-10(12)13)11-4-2-3-7-16-11/h5-6,8,11H,2-4,7,13H2,1H3. The summed E-state index contributed by atoms with van der Waals surface area (Å²) in [6.45, 7) is 0.739. The third kappa shape index (κ3) is 2.79. The van der Waals surface area contributed by atoms with Crippen LogP contribution in [0.4, 0.5) is 5.69 Å². The van der Waals surface area contributed by atoms with Crippen LogP contribution in [-0.4, -0.2) is 21.3 Å². The molecule has 0 amide bonds. The molecule has 94 valence electrons. The summed E-state index contributed by atoms with van der Waals surface area (Å²) in [6, 6.07) is 5.13. The van der Waals surface area contributed by atoms with Crippen molar-refractivity contribution in [1.82, 2.24) is 0 Å². The molecule has 2 rings (SSSR count). The maximum atomic E-state index is 11.6. The predicted octanol–water partition coefficient (Wildman–Crippen LogP) is 1.91. The zero-order valence-electron chi connectivity index (χ0n) is 9.85. The van der Waals surface area contributed by atoms with Gasteiger partial charge in [0, 0.05) is 12.9 Å². The Labute approximate surface area is 102 Å². The summed E-state index contributed by atoms with van der Waals surface area (Å²) in [5, 5.41) is 0. The highest BCUT2D eigenvalue weighted by atomic mass is 32.2. The normalized spacial score (nSPS) is 21.4. The number of rotatable bonds is 2. The van der Waals surface area contributed by atoms with E-state index in [1.165, 1.54) is 6.26 Å². The molecule has 17 heavy (non-hydrogen) atoms. The minimum atomic E-state index is -3.28. The van der Waals surface area contributed by atoms with Crippen molar-refractivity contribution in [3.05, 3.63) is 23.8 Å². The van der Waals surface area contributed by atoms with Crippen LogP contribution in [0.2, 0.25) is 0 Å². The number of ether oxygens (including phenoxy) is 1. The van der Waals surface area contributed by atoms with Gasteiger partial charge < -0.3 is 10.5 Å². The monoisotopic (exact) mass is 255 g/mol. The Morgan fingerprint density at radius 2 is 2.12 bits per heavy atom. The molecule has 0 saturated carbocycles. The molecule has 1 unspecified atom stereocenters. The van der Waals surface area contributed by atoms with E-state index in [1.54, 1.807) is 12.1 Å². The lowest BCUT2D eigenvalue weighted by atomic mass is 10.0. The van der Waals surface area contributed by atoms with Crippen molar-refractivity contribution in [1.29, 1.82) is 0 Å². The summed E-state index contributed by atoms with van der Waals surface area (Å²) in [7, 11) is -3.28. The zero-order valence-corrected chi connectivity index (χ0v) is 10.7. The van der Waals surface area contributed by atoms with Crippen molar-refractivity contribution in [3.63, 3.8) is 0 Å². The summed E-state index contributed by atoms with van der Waals surface area (Å²) in [5.41, 5.74) is 6.89. The van der Waals surface area contributed by atoms with E-state index in [0.717, 1.165) is 31.4 Å². The molecule has 1 heterocycles. The maximum Gasteiger partial charge on any atom is 0.177 e. The van der Waals surface area contributed by atoms with Gasteiger partial charge in [0.05, 0.1) is 16.7 Å². The van der Waals surface area contributed by atoms with Gasteiger partial charge in [0.1, 0.15) is 0 Å². The minimum absolute atomic E-state index is 0.00449. The number of hydrogen-bond acceptors (Lipinski definition) is 4. The molecule has 0 aliphatic carbocycles. The van der Waals surface area contributed by atoms with Crippen LogP contribution in [0.5, 0.6) is 0 Å². The lowest BCUT2D eigenvalue weighted by Gasteiger charge is -2.23. The molecule has 0 spiro atoms. The summed E-state index contributed by atoms with van der Waals surface area (Å²) in [5.74, 6) is 0. The maximum absolute atomic E-state index is 11.6. The molecule has 1 atom stereocenters. The average molecular weight is 255 g/mol. The predicted molar refractivity (Wildman–Crippen MR) is 66.5 cm³/mol. The van der Waals surface area contributed by atoms with E-state index in [0.29, 0.717) is 5.69 Å². The fraction of sp³-hybridized carbons (Fsp3) is 0.500. The van der Waals surface area contributed by atoms with Gasteiger partial charge in [0.25, 0.3) is 0 Å². The molecule has 1 aliphatic heterocycles. The van der Waals surface area contributed by atoms with Crippen molar-refractivity contribution >= 4 is 15.5 Å². The van der Waals surface area contributed by atoms with E-state index >= 15 is 0 Å². The summed E-state index contributed by atoms with van der Waals surface area (Å²) in [4.78, 5) is 0.198. The summed E-state index contributed by atoms with van der Waals surface area (Å²) >= 11 is 0. The molecule has 1 aliphatic rings. The highest BCUT2D eigenvalue weighted by Crippen LogP contribution is 2.30. The SMILES string of the molecule is CS(=O)(=O)c1cc(C2CCCCO2)ccc1N. The number of benzene rings is 1. The van der Waals surface area contributed by atoms with Gasteiger partial charge in [-0.2, -0.15) is 0 Å². The van der Waals surface area contributed by atoms with Crippen molar-refractivity contribution < 1.29 is 13.2 Å². The highest BCUT2D eigenvalue weighted by molar-refractivity contribution is 7.90. The topological polar surface area (TPSA) is 69.4 Å². The average Bonchev–Trinajstić information content (AvgIpc) is 2.29. The lowest BCUT2D eigenvalue weighted by molar-refractivity contribution is 0.0148. The van der Waals surface area contributed by atoms with Crippen molar-refractivity contribution in [2.45, 2.75) is 30.3 Å². The van der Waals surface area contributed by atoms with Crippen LogP contribution in [0.3, 0.4) is 0 Å². The van der Waals surface area contributed by atoms with Crippen LogP contribution in [0.1, 0.15) is 30.9 Å². The van der Waals surface area contributed by atoms with E-state index < -0.39 is 9.84 Å². The fourth-order valence-electron chi connectivity index (χ4n) is 2.08. The van der Waals surface area contributed by atoms with Crippen LogP contribution in [0, 0.1) is 0 Å². The second-order valence-electron chi connectivity index (χ2n) is 4.42. The Balaban J connectivity index is 2.37. The highest BCUT2D eigenvalue weighted by Gasteiger charge is 2.19. The first-order chi connectivity index (χ1) is 7.98. The minimum Gasteiger partial charge on any atom is -0.398 e. The first-order valence-corrected chi connectivity index (χ1v) is 7.59. The number of sulfone groups is 1. The van der Waals surface area contributed by atoms with Gasteiger partial charge in [0.15, 0.2) is 9.84 Å². The molecular weight excluding hydrogens is 238 g/mol. The van der Waals surface area contributed by atoms with Crippen molar-refractivity contribution in [2.75, 3.05) is 18.6 Å². The molecule has 1 aromatic rings. The Morgan fingerprint density at radius 3 is 2.71 bits per heavy atom. The molecule has 4 nitrogen and oxygen atoms in total. The van der Waals surface area contributed by atoms with E-state index in [1.807, 2.05) is 6.07 Å². The summed E-state index contributed by atoms with van der Waals surface area (Å²) < 4.78 is 28.8. The molecule has 2 N–H and O–H groups in total. The Hall–Kier alpha value is -1.07. The number of nitrogens with two attached hydrogens (primary N) is 1. The van der Waals surface area contributed by atoms with Crippen molar-refractivity contribution in [2.24, 2.45) is 0 Å². The van der Waals surface area contributed by atoms with Crippen LogP contribution in [0.15, 0.2) is 23.1 Å². The smallest absolute Gasteiger partial charge is 0.177 e. The van der Waals surface area contributed by atoms with Gasteiger partial charge in [-0.05, 0) is 37.0 Å². The lowest BCUT2D eigenvalue weighted by Crippen LogP contribution is -2.12. The Kier molecular flexibility index (Phi) is 3.40. The van der Waals surface area contributed by atoms with Gasteiger partial charge in [-0.3, -0.25) is 0 Å². The molecule has 0 aromatic heterocycles. The molecular formula is C12H17NO3S. The largest absolute Gasteiger partial charge is 0.398 e. The molecule has 0 radical (unpaired) electrons. The van der Waals surface area contributed by atoms with Crippen molar-refractivity contribution in [3.8, 4) is 0 Å². The van der Waals surface area contributed by atoms with Gasteiger partial charge in [0.2, 0.25) is 0 Å². The Morgan fingerprint density at radius 1 is 1.35 bits per heavy atom. The van der Waals surface area contributed by atoms with E-state index in [-0.39, 0.29) is 11.0 Å². The third-order valence-electron chi connectivity index (χ3n) is 2.99. The number of anilines is 1. The molecule has 0 bridgehead atoms. The molecule has 1 saturated heterocycles. The van der Waals surface area contributed by atoms with Gasteiger partial charge in [-0.1, -0.05) is 6.07 Å². The van der Waals surface area contributed by atoms with Crippen LogP contribution < -0.4 is 5.73 Å². The molecule has 1 aromatic carbocycles. The van der Waals surface area contributed by atoms with E-state index in [4.69, 9.17) is 10.5 Å². The Bertz CT molecular complexity index is 504. The first-order valence-electron chi connectivity index (χ1n) is 5.69. The zero-order chi connectivity index (χ0) is 12.5. The number of nitrogen functional groups attached to an aromatic ring is 1. The number of hydrogen-bond donors (Lipinski definition) is 1. The third-order valence-corrected chi connectivity index (χ3v) is 4.14. The van der Waals surface area contributed by atoms with Gasteiger partial charge in [-0.25, -0.2) is 8.42 Å². The van der Waals surface area contributed by atoms with E-state index in [2.05, 4.69) is 0 Å². The second kappa shape index (κ2) is 4.66. The molecule has 1 fully saturated rings. The first kappa shape index (κ1) is 12.4. The van der Waals surface area contributed by atoms with Gasteiger partial charge in [-0.15, -0.1) is 0 Å². The fourth-order valence-corrected chi connectivity index (χ4v) is 2.92. The summed E-state index contributed by atoms with van der Waals surface area (Å²) in [6.07, 6.45) is 4.30. The van der Waals surface area contributed by atoms with Gasteiger partial charge >= 0.3 is 0 Å². The van der Waals surface area contributed by atoms with Crippen LogP contribution >= 0.6 is 0 Å². The molecule has 5 heteroatoms. The quantitative estimate of drug-likeness (QED) is 0.820. The van der Waals surface area contributed by atoms with Crippen LogP contribution in [-0.2, 0) is 14.6 Å². The van der Waals surface area contributed by atoms with E-state index in [9.17, 15) is 8.42 Å². The second-order valence-corrected chi connectivity index (χ2v) is 6.41. The van der Waals surface area contributed by atoms with Crippen LogP contribution in [0.25, 0.3) is 0 Å².